The van der Waals surface area contributed by atoms with Crippen molar-refractivity contribution in [3.8, 4) is 0 Å². The summed E-state index contributed by atoms with van der Waals surface area (Å²) in [6.07, 6.45) is 0.733. The normalized spacial score (nSPS) is 18.4. The molecule has 19 heavy (non-hydrogen) atoms. The van der Waals surface area contributed by atoms with Crippen molar-refractivity contribution in [2.24, 2.45) is 0 Å². The third-order valence-electron chi connectivity index (χ3n) is 3.63. The molecule has 2 rings (SSSR count). The molecule has 1 N–H and O–H groups in total. The largest absolute Gasteiger partial charge is 0.378 e. The predicted octanol–water partition coefficient (Wildman–Crippen LogP) is 1.87. The Kier molecular flexibility index (Phi) is 3.78. The quantitative estimate of drug-likeness (QED) is 0.828. The maximum Gasteiger partial charge on any atom is 0.223 e. The summed E-state index contributed by atoms with van der Waals surface area (Å²) in [5, 5.41) is 11.0. The van der Waals surface area contributed by atoms with E-state index in [9.17, 15) is 10.0 Å². The molecule has 1 aromatic rings. The third kappa shape index (κ3) is 2.57. The molecule has 0 saturated carbocycles. The fraction of sp³-hybridized carbons (Fsp3) is 0.500. The summed E-state index contributed by atoms with van der Waals surface area (Å²) in [7, 11) is 5.61. The van der Waals surface area contributed by atoms with Crippen LogP contribution in [0.4, 0.5) is 11.4 Å². The molecular weight excluding hydrogens is 242 g/mol. The van der Waals surface area contributed by atoms with Gasteiger partial charge in [0.15, 0.2) is 0 Å². The van der Waals surface area contributed by atoms with Gasteiger partial charge in [0.1, 0.15) is 0 Å². The summed E-state index contributed by atoms with van der Waals surface area (Å²) < 4.78 is 0. The number of carbonyl (C=O) groups excluding carboxylic acids is 1. The molecule has 0 radical (unpaired) electrons. The summed E-state index contributed by atoms with van der Waals surface area (Å²) >= 11 is 0. The fourth-order valence-electron chi connectivity index (χ4n) is 2.58. The summed E-state index contributed by atoms with van der Waals surface area (Å²) in [5.74, 6) is 0.0397. The first kappa shape index (κ1) is 13.8. The van der Waals surface area contributed by atoms with E-state index in [2.05, 4.69) is 0 Å². The smallest absolute Gasteiger partial charge is 0.223 e. The first-order valence-corrected chi connectivity index (χ1v) is 6.43. The Morgan fingerprint density at radius 2 is 2.05 bits per heavy atom. The molecule has 1 amide bonds. The van der Waals surface area contributed by atoms with Gasteiger partial charge < -0.3 is 15.0 Å². The highest BCUT2D eigenvalue weighted by Crippen LogP contribution is 2.38. The second-order valence-corrected chi connectivity index (χ2v) is 5.19. The highest BCUT2D eigenvalue weighted by atomic mass is 16.5. The molecule has 1 aliphatic heterocycles. The van der Waals surface area contributed by atoms with Crippen LogP contribution in [0.1, 0.15) is 24.9 Å². The van der Waals surface area contributed by atoms with Crippen LogP contribution in [0.15, 0.2) is 18.2 Å². The van der Waals surface area contributed by atoms with Gasteiger partial charge in [-0.25, -0.2) is 0 Å². The van der Waals surface area contributed by atoms with Crippen molar-refractivity contribution >= 4 is 17.3 Å². The lowest BCUT2D eigenvalue weighted by atomic mass is 9.95. The van der Waals surface area contributed by atoms with E-state index in [0.717, 1.165) is 23.4 Å². The second-order valence-electron chi connectivity index (χ2n) is 5.19. The molecule has 104 valence electrons. The first-order valence-electron chi connectivity index (χ1n) is 6.43. The van der Waals surface area contributed by atoms with E-state index in [1.165, 1.54) is 5.06 Å². The van der Waals surface area contributed by atoms with Crippen molar-refractivity contribution in [1.82, 2.24) is 5.06 Å². The van der Waals surface area contributed by atoms with E-state index in [1.54, 1.807) is 18.9 Å². The van der Waals surface area contributed by atoms with Gasteiger partial charge in [-0.1, -0.05) is 0 Å². The number of nitrogens with zero attached hydrogens (tertiary/aromatic N) is 3. The van der Waals surface area contributed by atoms with E-state index in [0.29, 0.717) is 6.54 Å². The van der Waals surface area contributed by atoms with Crippen LogP contribution in [0, 0.1) is 0 Å². The van der Waals surface area contributed by atoms with Crippen LogP contribution in [0.25, 0.3) is 0 Å². The number of hydrogen-bond acceptors (Lipinski definition) is 4. The van der Waals surface area contributed by atoms with Crippen LogP contribution in [0.5, 0.6) is 0 Å². The molecule has 0 aromatic heterocycles. The molecule has 1 aromatic carbocycles. The van der Waals surface area contributed by atoms with Gasteiger partial charge in [0.25, 0.3) is 0 Å². The maximum absolute atomic E-state index is 11.7. The maximum atomic E-state index is 11.7. The first-order chi connectivity index (χ1) is 8.91. The van der Waals surface area contributed by atoms with Gasteiger partial charge in [-0.2, -0.15) is 5.06 Å². The van der Waals surface area contributed by atoms with Gasteiger partial charge >= 0.3 is 0 Å². The van der Waals surface area contributed by atoms with E-state index in [-0.39, 0.29) is 11.9 Å². The van der Waals surface area contributed by atoms with Crippen LogP contribution >= 0.6 is 0 Å². The Morgan fingerprint density at radius 1 is 1.37 bits per heavy atom. The van der Waals surface area contributed by atoms with Gasteiger partial charge in [-0.15, -0.1) is 0 Å². The van der Waals surface area contributed by atoms with E-state index < -0.39 is 0 Å². The highest BCUT2D eigenvalue weighted by molar-refractivity contribution is 5.93. The summed E-state index contributed by atoms with van der Waals surface area (Å²) in [6, 6.07) is 5.93. The van der Waals surface area contributed by atoms with Crippen molar-refractivity contribution in [3.63, 3.8) is 0 Å². The number of amides is 1. The monoisotopic (exact) mass is 263 g/mol. The van der Waals surface area contributed by atoms with Gasteiger partial charge in [0.05, 0.1) is 6.04 Å². The molecule has 0 saturated heterocycles. The minimum atomic E-state index is -0.0644. The molecule has 0 aliphatic carbocycles. The van der Waals surface area contributed by atoms with Crippen molar-refractivity contribution in [3.05, 3.63) is 23.8 Å². The highest BCUT2D eigenvalue weighted by Gasteiger charge is 2.29. The molecule has 0 spiro atoms. The number of fused-ring (bicyclic) bond motifs is 1. The second kappa shape index (κ2) is 5.19. The third-order valence-corrected chi connectivity index (χ3v) is 3.63. The Labute approximate surface area is 114 Å². The lowest BCUT2D eigenvalue weighted by Crippen LogP contribution is -2.38. The zero-order chi connectivity index (χ0) is 14.2. The van der Waals surface area contributed by atoms with Gasteiger partial charge in [0.2, 0.25) is 5.91 Å². The van der Waals surface area contributed by atoms with E-state index in [1.807, 2.05) is 37.2 Å². The molecule has 0 fully saturated rings. The summed E-state index contributed by atoms with van der Waals surface area (Å²) in [5.41, 5.74) is 2.96. The van der Waals surface area contributed by atoms with Gasteiger partial charge in [0, 0.05) is 46.0 Å². The Balaban J connectivity index is 2.51. The average Bonchev–Trinajstić information content (AvgIpc) is 2.36. The molecule has 1 heterocycles. The molecule has 1 atom stereocenters. The molecule has 0 bridgehead atoms. The molecule has 1 unspecified atom stereocenters. The SMILES string of the molecule is CC(=O)N1CCC(N(C)O)c2cc(N(C)C)ccc21. The van der Waals surface area contributed by atoms with Crippen molar-refractivity contribution in [2.45, 2.75) is 19.4 Å². The summed E-state index contributed by atoms with van der Waals surface area (Å²) in [6.45, 7) is 2.21. The lowest BCUT2D eigenvalue weighted by Gasteiger charge is -2.36. The predicted molar refractivity (Wildman–Crippen MR) is 75.7 cm³/mol. The van der Waals surface area contributed by atoms with E-state index >= 15 is 0 Å². The zero-order valence-electron chi connectivity index (χ0n) is 11.9. The number of benzene rings is 1. The lowest BCUT2D eigenvalue weighted by molar-refractivity contribution is -0.118. The van der Waals surface area contributed by atoms with Crippen LogP contribution in [-0.2, 0) is 4.79 Å². The van der Waals surface area contributed by atoms with Crippen LogP contribution < -0.4 is 9.80 Å². The van der Waals surface area contributed by atoms with Crippen molar-refractivity contribution in [1.29, 1.82) is 0 Å². The molecule has 1 aliphatic rings. The fourth-order valence-corrected chi connectivity index (χ4v) is 2.58. The molecule has 5 heteroatoms. The zero-order valence-corrected chi connectivity index (χ0v) is 11.9. The van der Waals surface area contributed by atoms with Crippen molar-refractivity contribution in [2.75, 3.05) is 37.5 Å². The number of rotatable bonds is 2. The van der Waals surface area contributed by atoms with Crippen molar-refractivity contribution < 1.29 is 10.0 Å². The molecular formula is C14H21N3O2. The van der Waals surface area contributed by atoms with E-state index in [4.69, 9.17) is 0 Å². The minimum Gasteiger partial charge on any atom is -0.378 e. The minimum absolute atomic E-state index is 0.0397. The van der Waals surface area contributed by atoms with Crippen LogP contribution in [0.2, 0.25) is 0 Å². The van der Waals surface area contributed by atoms with Crippen LogP contribution in [0.3, 0.4) is 0 Å². The number of hydroxylamine groups is 2. The van der Waals surface area contributed by atoms with Gasteiger partial charge in [-0.3, -0.25) is 4.79 Å². The topological polar surface area (TPSA) is 47.0 Å². The average molecular weight is 263 g/mol. The van der Waals surface area contributed by atoms with Gasteiger partial charge in [-0.05, 0) is 30.2 Å². The Morgan fingerprint density at radius 3 is 2.58 bits per heavy atom. The standard InChI is InChI=1S/C14H21N3O2/c1-10(18)17-8-7-13(16(4)19)12-9-11(15(2)3)5-6-14(12)17/h5-6,9,13,19H,7-8H2,1-4H3. The number of hydrogen-bond donors (Lipinski definition) is 1. The number of carbonyl (C=O) groups is 1. The number of anilines is 2. The Bertz CT molecular complexity index is 486. The van der Waals surface area contributed by atoms with Crippen LogP contribution in [-0.4, -0.2) is 43.9 Å². The molecule has 5 nitrogen and oxygen atoms in total. The Hall–Kier alpha value is -1.59. The summed E-state index contributed by atoms with van der Waals surface area (Å²) in [4.78, 5) is 15.5.